The summed E-state index contributed by atoms with van der Waals surface area (Å²) in [5.41, 5.74) is 1.55. The lowest BCUT2D eigenvalue weighted by molar-refractivity contribution is 0.0977. The quantitative estimate of drug-likeness (QED) is 0.461. The first-order valence-electron chi connectivity index (χ1n) is 10.3. The van der Waals surface area contributed by atoms with Gasteiger partial charge in [-0.1, -0.05) is 25.1 Å². The number of anilines is 2. The molecular formula is C24H25N3O4S2. The normalized spacial score (nSPS) is 10.8. The van der Waals surface area contributed by atoms with E-state index >= 15 is 0 Å². The Bertz CT molecular complexity index is 1200. The molecule has 3 aromatic rings. The molecule has 2 N–H and O–H groups in total. The largest absolute Gasteiger partial charge is 0.494 e. The van der Waals surface area contributed by atoms with Gasteiger partial charge in [-0.25, -0.2) is 8.42 Å². The van der Waals surface area contributed by atoms with E-state index in [1.54, 1.807) is 60.7 Å². The highest BCUT2D eigenvalue weighted by Gasteiger charge is 2.21. The summed E-state index contributed by atoms with van der Waals surface area (Å²) in [5, 5.41) is 5.59. The zero-order valence-electron chi connectivity index (χ0n) is 18.3. The lowest BCUT2D eigenvalue weighted by Gasteiger charge is -2.19. The fourth-order valence-corrected chi connectivity index (χ4v) is 4.31. The zero-order chi connectivity index (χ0) is 23.8. The molecule has 0 saturated heterocycles. The zero-order valence-corrected chi connectivity index (χ0v) is 19.9. The van der Waals surface area contributed by atoms with Crippen LogP contribution in [0.25, 0.3) is 0 Å². The van der Waals surface area contributed by atoms with Crippen molar-refractivity contribution < 1.29 is 17.9 Å². The number of carbonyl (C=O) groups is 1. The summed E-state index contributed by atoms with van der Waals surface area (Å²) < 4.78 is 32.5. The van der Waals surface area contributed by atoms with E-state index in [1.807, 2.05) is 13.0 Å². The van der Waals surface area contributed by atoms with Crippen LogP contribution >= 0.6 is 12.2 Å². The van der Waals surface area contributed by atoms with Crippen LogP contribution in [0.5, 0.6) is 5.75 Å². The predicted molar refractivity (Wildman–Crippen MR) is 134 cm³/mol. The van der Waals surface area contributed by atoms with Gasteiger partial charge < -0.3 is 10.1 Å². The SMILES string of the molecule is CCCOc1ccc(C(=O)NC(=S)Nc2ccc(S(=O)(=O)N(C)c3ccccc3)cc2)cc1. The highest BCUT2D eigenvalue weighted by atomic mass is 32.2. The summed E-state index contributed by atoms with van der Waals surface area (Å²) >= 11 is 5.21. The third-order valence-electron chi connectivity index (χ3n) is 4.71. The minimum Gasteiger partial charge on any atom is -0.494 e. The van der Waals surface area contributed by atoms with Crippen molar-refractivity contribution in [2.45, 2.75) is 18.2 Å². The average Bonchev–Trinajstić information content (AvgIpc) is 2.83. The van der Waals surface area contributed by atoms with Crippen LogP contribution in [0.4, 0.5) is 11.4 Å². The van der Waals surface area contributed by atoms with Crippen LogP contribution in [0, 0.1) is 0 Å². The first-order chi connectivity index (χ1) is 15.8. The Kier molecular flexibility index (Phi) is 8.02. The number of nitrogens with one attached hydrogen (secondary N) is 2. The molecule has 33 heavy (non-hydrogen) atoms. The van der Waals surface area contributed by atoms with E-state index in [1.165, 1.54) is 23.5 Å². The van der Waals surface area contributed by atoms with Gasteiger partial charge in [0.1, 0.15) is 5.75 Å². The molecule has 9 heteroatoms. The minimum absolute atomic E-state index is 0.100. The number of carbonyl (C=O) groups excluding carboxylic acids is 1. The van der Waals surface area contributed by atoms with Crippen LogP contribution in [-0.2, 0) is 10.0 Å². The molecule has 0 unspecified atom stereocenters. The Hall–Kier alpha value is -3.43. The number of amides is 1. The first-order valence-corrected chi connectivity index (χ1v) is 12.2. The number of rotatable bonds is 8. The number of hydrogen-bond donors (Lipinski definition) is 2. The van der Waals surface area contributed by atoms with Crippen LogP contribution in [-0.4, -0.2) is 33.1 Å². The number of ether oxygens (including phenoxy) is 1. The van der Waals surface area contributed by atoms with Crippen molar-refractivity contribution >= 4 is 44.6 Å². The third-order valence-corrected chi connectivity index (χ3v) is 6.71. The lowest BCUT2D eigenvalue weighted by atomic mass is 10.2. The summed E-state index contributed by atoms with van der Waals surface area (Å²) in [6, 6.07) is 21.7. The Morgan fingerprint density at radius 3 is 2.21 bits per heavy atom. The number of sulfonamides is 1. The molecule has 0 atom stereocenters. The molecule has 0 aliphatic rings. The second-order valence-electron chi connectivity index (χ2n) is 7.11. The average molecular weight is 484 g/mol. The summed E-state index contributed by atoms with van der Waals surface area (Å²) in [7, 11) is -2.21. The maximum atomic E-state index is 12.9. The molecule has 0 aromatic heterocycles. The summed E-state index contributed by atoms with van der Waals surface area (Å²) in [6.45, 7) is 2.63. The van der Waals surface area contributed by atoms with Gasteiger partial charge in [0.15, 0.2) is 5.11 Å². The fourth-order valence-electron chi connectivity index (χ4n) is 2.91. The molecule has 0 spiro atoms. The van der Waals surface area contributed by atoms with E-state index in [9.17, 15) is 13.2 Å². The second-order valence-corrected chi connectivity index (χ2v) is 9.49. The fraction of sp³-hybridized carbons (Fsp3) is 0.167. The molecule has 0 bridgehead atoms. The molecule has 0 fully saturated rings. The topological polar surface area (TPSA) is 87.7 Å². The molecule has 3 rings (SSSR count). The van der Waals surface area contributed by atoms with Gasteiger partial charge in [-0.05, 0) is 79.3 Å². The molecule has 0 aliphatic carbocycles. The van der Waals surface area contributed by atoms with Crippen LogP contribution in [0.2, 0.25) is 0 Å². The molecule has 7 nitrogen and oxygen atoms in total. The summed E-state index contributed by atoms with van der Waals surface area (Å²) in [5.74, 6) is 0.334. The van der Waals surface area contributed by atoms with Crippen molar-refractivity contribution in [3.63, 3.8) is 0 Å². The van der Waals surface area contributed by atoms with Crippen LogP contribution in [0.3, 0.4) is 0 Å². The van der Waals surface area contributed by atoms with Crippen molar-refractivity contribution in [2.24, 2.45) is 0 Å². The van der Waals surface area contributed by atoms with Gasteiger partial charge in [0.05, 0.1) is 17.2 Å². The van der Waals surface area contributed by atoms with Gasteiger partial charge in [-0.15, -0.1) is 0 Å². The van der Waals surface area contributed by atoms with Gasteiger partial charge in [0.2, 0.25) is 0 Å². The molecule has 172 valence electrons. The maximum absolute atomic E-state index is 12.9. The molecule has 1 amide bonds. The van der Waals surface area contributed by atoms with E-state index in [0.29, 0.717) is 29.3 Å². The van der Waals surface area contributed by atoms with Crippen molar-refractivity contribution in [1.82, 2.24) is 5.32 Å². The van der Waals surface area contributed by atoms with E-state index in [2.05, 4.69) is 10.6 Å². The van der Waals surface area contributed by atoms with Crippen LogP contribution in [0.1, 0.15) is 23.7 Å². The summed E-state index contributed by atoms with van der Waals surface area (Å²) in [4.78, 5) is 12.5. The van der Waals surface area contributed by atoms with Crippen molar-refractivity contribution in [3.05, 3.63) is 84.4 Å². The van der Waals surface area contributed by atoms with E-state index in [0.717, 1.165) is 6.42 Å². The Morgan fingerprint density at radius 1 is 0.970 bits per heavy atom. The number of benzene rings is 3. The Morgan fingerprint density at radius 2 is 1.61 bits per heavy atom. The molecule has 0 radical (unpaired) electrons. The molecule has 0 heterocycles. The van der Waals surface area contributed by atoms with Crippen molar-refractivity contribution in [3.8, 4) is 5.75 Å². The van der Waals surface area contributed by atoms with Crippen molar-refractivity contribution in [2.75, 3.05) is 23.3 Å². The van der Waals surface area contributed by atoms with Gasteiger partial charge in [-0.2, -0.15) is 0 Å². The van der Waals surface area contributed by atoms with E-state index in [4.69, 9.17) is 17.0 Å². The highest BCUT2D eigenvalue weighted by Crippen LogP contribution is 2.23. The second kappa shape index (κ2) is 10.9. The standard InChI is InChI=1S/C24H25N3O4S2/c1-3-17-31-21-13-9-18(10-14-21)23(28)26-24(32)25-19-11-15-22(16-12-19)33(29,30)27(2)20-7-5-4-6-8-20/h4-16H,3,17H2,1-2H3,(H2,25,26,28,32). The van der Waals surface area contributed by atoms with E-state index < -0.39 is 10.0 Å². The minimum atomic E-state index is -3.71. The maximum Gasteiger partial charge on any atom is 0.264 e. The number of hydrogen-bond acceptors (Lipinski definition) is 5. The van der Waals surface area contributed by atoms with Crippen LogP contribution < -0.4 is 19.7 Å². The highest BCUT2D eigenvalue weighted by molar-refractivity contribution is 7.92. The van der Waals surface area contributed by atoms with E-state index in [-0.39, 0.29) is 15.9 Å². The number of thiocarbonyl (C=S) groups is 1. The first kappa shape index (κ1) is 24.2. The number of nitrogens with zero attached hydrogens (tertiary/aromatic N) is 1. The summed E-state index contributed by atoms with van der Waals surface area (Å²) in [6.07, 6.45) is 0.902. The smallest absolute Gasteiger partial charge is 0.264 e. The Labute approximate surface area is 199 Å². The predicted octanol–water partition coefficient (Wildman–Crippen LogP) is 4.43. The Balaban J connectivity index is 1.60. The van der Waals surface area contributed by atoms with Gasteiger partial charge >= 0.3 is 0 Å². The van der Waals surface area contributed by atoms with Crippen molar-refractivity contribution in [1.29, 1.82) is 0 Å². The molecule has 0 saturated carbocycles. The van der Waals surface area contributed by atoms with Crippen LogP contribution in [0.15, 0.2) is 83.8 Å². The van der Waals surface area contributed by atoms with Gasteiger partial charge in [0.25, 0.3) is 15.9 Å². The number of para-hydroxylation sites is 1. The molecule has 3 aromatic carbocycles. The third kappa shape index (κ3) is 6.30. The monoisotopic (exact) mass is 483 g/mol. The lowest BCUT2D eigenvalue weighted by Crippen LogP contribution is -2.34. The molecular weight excluding hydrogens is 458 g/mol. The van der Waals surface area contributed by atoms with Gasteiger partial charge in [-0.3, -0.25) is 14.4 Å². The molecule has 0 aliphatic heterocycles. The van der Waals surface area contributed by atoms with Gasteiger partial charge in [0, 0.05) is 18.3 Å².